The molecular formula is C15H24Cl2N2O. The Morgan fingerprint density at radius 2 is 2.05 bits per heavy atom. The molecule has 5 heteroatoms. The summed E-state index contributed by atoms with van der Waals surface area (Å²) in [6.45, 7) is 4.48. The molecule has 1 fully saturated rings. The van der Waals surface area contributed by atoms with Crippen LogP contribution in [0.3, 0.4) is 0 Å². The number of likely N-dealkylation sites (tertiary alicyclic amines) is 1. The third-order valence-corrected chi connectivity index (χ3v) is 4.12. The predicted molar refractivity (Wildman–Crippen MR) is 87.2 cm³/mol. The number of nitrogens with zero attached hydrogens (tertiary/aromatic N) is 1. The SMILES string of the molecule is CNCC1CCN(Cc2ccc(OC)c(Cl)c2)CC1.Cl. The molecule has 0 unspecified atom stereocenters. The van der Waals surface area contributed by atoms with E-state index in [0.29, 0.717) is 5.02 Å². The molecule has 3 nitrogen and oxygen atoms in total. The van der Waals surface area contributed by atoms with Crippen LogP contribution in [0.2, 0.25) is 5.02 Å². The van der Waals surface area contributed by atoms with E-state index < -0.39 is 0 Å². The van der Waals surface area contributed by atoms with Crippen LogP contribution in [-0.4, -0.2) is 38.7 Å². The van der Waals surface area contributed by atoms with E-state index >= 15 is 0 Å². The summed E-state index contributed by atoms with van der Waals surface area (Å²) < 4.78 is 5.18. The second-order valence-corrected chi connectivity index (χ2v) is 5.65. The van der Waals surface area contributed by atoms with Gasteiger partial charge in [-0.05, 0) is 63.1 Å². The van der Waals surface area contributed by atoms with E-state index in [1.807, 2.05) is 19.2 Å². The van der Waals surface area contributed by atoms with Gasteiger partial charge in [0.25, 0.3) is 0 Å². The highest BCUT2D eigenvalue weighted by atomic mass is 35.5. The van der Waals surface area contributed by atoms with Crippen molar-refractivity contribution < 1.29 is 4.74 Å². The number of ether oxygens (including phenoxy) is 1. The number of nitrogens with one attached hydrogen (secondary N) is 1. The molecular weight excluding hydrogens is 295 g/mol. The molecule has 0 amide bonds. The fourth-order valence-corrected chi connectivity index (χ4v) is 2.98. The zero-order valence-corrected chi connectivity index (χ0v) is 13.8. The van der Waals surface area contributed by atoms with Gasteiger partial charge in [-0.25, -0.2) is 0 Å². The number of piperidine rings is 1. The maximum absolute atomic E-state index is 6.16. The zero-order valence-electron chi connectivity index (χ0n) is 12.2. The van der Waals surface area contributed by atoms with Gasteiger partial charge in [0, 0.05) is 6.54 Å². The van der Waals surface area contributed by atoms with E-state index in [-0.39, 0.29) is 12.4 Å². The topological polar surface area (TPSA) is 24.5 Å². The summed E-state index contributed by atoms with van der Waals surface area (Å²) in [5.74, 6) is 1.58. The quantitative estimate of drug-likeness (QED) is 0.902. The van der Waals surface area contributed by atoms with Crippen LogP contribution in [0.4, 0.5) is 0 Å². The van der Waals surface area contributed by atoms with Crippen LogP contribution < -0.4 is 10.1 Å². The van der Waals surface area contributed by atoms with Gasteiger partial charge in [-0.2, -0.15) is 0 Å². The highest BCUT2D eigenvalue weighted by Gasteiger charge is 2.18. The Balaban J connectivity index is 0.00000200. The molecule has 1 heterocycles. The van der Waals surface area contributed by atoms with Gasteiger partial charge in [0.2, 0.25) is 0 Å². The summed E-state index contributed by atoms with van der Waals surface area (Å²) in [7, 11) is 3.68. The number of hydrogen-bond donors (Lipinski definition) is 1. The molecule has 1 aromatic rings. The molecule has 1 N–H and O–H groups in total. The molecule has 0 aliphatic carbocycles. The Bertz CT molecular complexity index is 407. The minimum absolute atomic E-state index is 0. The highest BCUT2D eigenvalue weighted by molar-refractivity contribution is 6.32. The van der Waals surface area contributed by atoms with Crippen molar-refractivity contribution in [3.05, 3.63) is 28.8 Å². The highest BCUT2D eigenvalue weighted by Crippen LogP contribution is 2.26. The Morgan fingerprint density at radius 3 is 2.60 bits per heavy atom. The fraction of sp³-hybridized carbons (Fsp3) is 0.600. The number of benzene rings is 1. The van der Waals surface area contributed by atoms with Gasteiger partial charge in [-0.3, -0.25) is 4.90 Å². The maximum Gasteiger partial charge on any atom is 0.137 e. The molecule has 114 valence electrons. The van der Waals surface area contributed by atoms with E-state index in [4.69, 9.17) is 16.3 Å². The van der Waals surface area contributed by atoms with E-state index in [0.717, 1.165) is 24.8 Å². The maximum atomic E-state index is 6.16. The van der Waals surface area contributed by atoms with Gasteiger partial charge in [0.05, 0.1) is 12.1 Å². The van der Waals surface area contributed by atoms with Gasteiger partial charge in [0.1, 0.15) is 5.75 Å². The first kappa shape index (κ1) is 17.6. The van der Waals surface area contributed by atoms with Crippen LogP contribution in [0.1, 0.15) is 18.4 Å². The number of hydrogen-bond acceptors (Lipinski definition) is 3. The van der Waals surface area contributed by atoms with Gasteiger partial charge >= 0.3 is 0 Å². The van der Waals surface area contributed by atoms with Crippen LogP contribution in [0.25, 0.3) is 0 Å². The largest absolute Gasteiger partial charge is 0.495 e. The molecule has 0 atom stereocenters. The van der Waals surface area contributed by atoms with Crippen molar-refractivity contribution in [1.82, 2.24) is 10.2 Å². The molecule has 1 aromatic carbocycles. The Kier molecular flexibility index (Phi) is 7.67. The van der Waals surface area contributed by atoms with Gasteiger partial charge in [-0.15, -0.1) is 12.4 Å². The molecule has 0 aromatic heterocycles. The van der Waals surface area contributed by atoms with Crippen LogP contribution in [0.5, 0.6) is 5.75 Å². The fourth-order valence-electron chi connectivity index (χ4n) is 2.70. The predicted octanol–water partition coefficient (Wildman–Crippen LogP) is 3.20. The molecule has 1 aliphatic rings. The van der Waals surface area contributed by atoms with E-state index in [9.17, 15) is 0 Å². The van der Waals surface area contributed by atoms with E-state index in [2.05, 4.69) is 16.3 Å². The third-order valence-electron chi connectivity index (χ3n) is 3.82. The molecule has 2 rings (SSSR count). The zero-order chi connectivity index (χ0) is 13.7. The van der Waals surface area contributed by atoms with Crippen LogP contribution in [0, 0.1) is 5.92 Å². The summed E-state index contributed by atoms with van der Waals surface area (Å²) in [5, 5.41) is 3.97. The Labute approximate surface area is 133 Å². The van der Waals surface area contributed by atoms with Crippen LogP contribution >= 0.6 is 24.0 Å². The lowest BCUT2D eigenvalue weighted by Gasteiger charge is -2.31. The molecule has 20 heavy (non-hydrogen) atoms. The van der Waals surface area contributed by atoms with Crippen molar-refractivity contribution in [1.29, 1.82) is 0 Å². The second-order valence-electron chi connectivity index (χ2n) is 5.25. The molecule has 1 saturated heterocycles. The number of rotatable bonds is 5. The average molecular weight is 319 g/mol. The molecule has 0 saturated carbocycles. The lowest BCUT2D eigenvalue weighted by atomic mass is 9.96. The lowest BCUT2D eigenvalue weighted by molar-refractivity contribution is 0.177. The minimum Gasteiger partial charge on any atom is -0.495 e. The van der Waals surface area contributed by atoms with Crippen molar-refractivity contribution in [3.8, 4) is 5.75 Å². The third kappa shape index (κ3) is 4.81. The number of halogens is 2. The van der Waals surface area contributed by atoms with Gasteiger partial charge < -0.3 is 10.1 Å². The first-order chi connectivity index (χ1) is 9.22. The van der Waals surface area contributed by atoms with Crippen molar-refractivity contribution in [3.63, 3.8) is 0 Å². The lowest BCUT2D eigenvalue weighted by Crippen LogP contribution is -2.36. The van der Waals surface area contributed by atoms with Crippen molar-refractivity contribution in [2.75, 3.05) is 33.8 Å². The van der Waals surface area contributed by atoms with Gasteiger partial charge in [-0.1, -0.05) is 17.7 Å². The molecule has 0 radical (unpaired) electrons. The summed E-state index contributed by atoms with van der Waals surface area (Å²) in [5.41, 5.74) is 1.26. The number of methoxy groups -OCH3 is 1. The van der Waals surface area contributed by atoms with E-state index in [1.54, 1.807) is 7.11 Å². The average Bonchev–Trinajstić information content (AvgIpc) is 2.42. The minimum atomic E-state index is 0. The van der Waals surface area contributed by atoms with Crippen LogP contribution in [-0.2, 0) is 6.54 Å². The smallest absolute Gasteiger partial charge is 0.137 e. The second kappa shape index (κ2) is 8.73. The molecule has 1 aliphatic heterocycles. The summed E-state index contributed by atoms with van der Waals surface area (Å²) in [6, 6.07) is 6.07. The Morgan fingerprint density at radius 1 is 1.35 bits per heavy atom. The Hall–Kier alpha value is -0.480. The first-order valence-corrected chi connectivity index (χ1v) is 7.30. The standard InChI is InChI=1S/C15H23ClN2O.ClH/c1-17-10-12-5-7-18(8-6-12)11-13-3-4-15(19-2)14(16)9-13;/h3-4,9,12,17H,5-8,10-11H2,1-2H3;1H. The van der Waals surface area contributed by atoms with Crippen molar-refractivity contribution in [2.45, 2.75) is 19.4 Å². The monoisotopic (exact) mass is 318 g/mol. The van der Waals surface area contributed by atoms with Crippen molar-refractivity contribution in [2.24, 2.45) is 5.92 Å². The van der Waals surface area contributed by atoms with Crippen LogP contribution in [0.15, 0.2) is 18.2 Å². The first-order valence-electron chi connectivity index (χ1n) is 6.92. The molecule has 0 bridgehead atoms. The normalized spacial score (nSPS) is 16.8. The molecule has 0 spiro atoms. The van der Waals surface area contributed by atoms with E-state index in [1.165, 1.54) is 31.5 Å². The summed E-state index contributed by atoms with van der Waals surface area (Å²) >= 11 is 6.16. The van der Waals surface area contributed by atoms with Crippen molar-refractivity contribution >= 4 is 24.0 Å². The summed E-state index contributed by atoms with van der Waals surface area (Å²) in [6.07, 6.45) is 2.56. The summed E-state index contributed by atoms with van der Waals surface area (Å²) in [4.78, 5) is 2.50. The van der Waals surface area contributed by atoms with Gasteiger partial charge in [0.15, 0.2) is 0 Å².